The van der Waals surface area contributed by atoms with Gasteiger partial charge in [0.25, 0.3) is 5.91 Å². The number of benzene rings is 2. The van der Waals surface area contributed by atoms with Crippen LogP contribution in [0.1, 0.15) is 64.9 Å². The predicted molar refractivity (Wildman–Crippen MR) is 151 cm³/mol. The standard InChI is InChI=1S/C27H37N3O4S3/c1-4-5-6-7-8-12-17-35-27-28-23-16-15-22(18-24(23)36-27)37(33,34)30(19-21-13-10-9-11-14-21)25(20(2)3)26(31)29-32/h9-11,13-16,18,20,25,32H,4-8,12,17,19H2,1-3H3,(H,29,31)/t25-/m1/s1. The molecule has 3 aromatic rings. The summed E-state index contributed by atoms with van der Waals surface area (Å²) >= 11 is 3.20. The second-order valence-corrected chi connectivity index (χ2v) is 13.7. The van der Waals surface area contributed by atoms with Crippen molar-refractivity contribution in [2.75, 3.05) is 5.75 Å². The van der Waals surface area contributed by atoms with E-state index in [1.807, 2.05) is 30.3 Å². The molecule has 0 unspecified atom stereocenters. The average Bonchev–Trinajstić information content (AvgIpc) is 3.30. The molecular formula is C27H37N3O4S3. The third kappa shape index (κ3) is 8.00. The van der Waals surface area contributed by atoms with Gasteiger partial charge >= 0.3 is 0 Å². The maximum Gasteiger partial charge on any atom is 0.262 e. The molecule has 202 valence electrons. The summed E-state index contributed by atoms with van der Waals surface area (Å²) in [6.45, 7) is 5.73. The molecule has 2 aromatic carbocycles. The summed E-state index contributed by atoms with van der Waals surface area (Å²) in [5.41, 5.74) is 3.16. The molecule has 0 fully saturated rings. The fourth-order valence-corrected chi connectivity index (χ4v) is 8.20. The summed E-state index contributed by atoms with van der Waals surface area (Å²) in [5, 5.41) is 9.36. The number of aromatic nitrogens is 1. The highest BCUT2D eigenvalue weighted by molar-refractivity contribution is 8.01. The lowest BCUT2D eigenvalue weighted by Crippen LogP contribution is -2.51. The Kier molecular flexibility index (Phi) is 11.4. The van der Waals surface area contributed by atoms with Crippen LogP contribution in [0.5, 0.6) is 0 Å². The van der Waals surface area contributed by atoms with Gasteiger partial charge in [0.1, 0.15) is 6.04 Å². The topological polar surface area (TPSA) is 99.6 Å². The van der Waals surface area contributed by atoms with Gasteiger partial charge in [-0.2, -0.15) is 4.31 Å². The highest BCUT2D eigenvalue weighted by Crippen LogP contribution is 2.33. The molecule has 37 heavy (non-hydrogen) atoms. The van der Waals surface area contributed by atoms with Gasteiger partial charge in [0.05, 0.1) is 15.1 Å². The summed E-state index contributed by atoms with van der Waals surface area (Å²) in [4.78, 5) is 17.4. The Morgan fingerprint density at radius 1 is 1.08 bits per heavy atom. The highest BCUT2D eigenvalue weighted by Gasteiger charge is 2.38. The molecule has 2 N–H and O–H groups in total. The van der Waals surface area contributed by atoms with E-state index in [-0.39, 0.29) is 17.4 Å². The van der Waals surface area contributed by atoms with Crippen LogP contribution in [0, 0.1) is 5.92 Å². The van der Waals surface area contributed by atoms with Crippen molar-refractivity contribution in [1.29, 1.82) is 0 Å². The van der Waals surface area contributed by atoms with Gasteiger partial charge in [0.2, 0.25) is 10.0 Å². The second-order valence-electron chi connectivity index (χ2n) is 9.43. The Morgan fingerprint density at radius 3 is 2.46 bits per heavy atom. The van der Waals surface area contributed by atoms with Crippen LogP contribution in [0.3, 0.4) is 0 Å². The number of fused-ring (bicyclic) bond motifs is 1. The number of amides is 1. The number of unbranched alkanes of at least 4 members (excludes halogenated alkanes) is 5. The molecule has 0 saturated heterocycles. The van der Waals surface area contributed by atoms with Crippen LogP contribution in [-0.4, -0.2) is 40.6 Å². The molecule has 1 amide bonds. The summed E-state index contributed by atoms with van der Waals surface area (Å²) in [7, 11) is -4.08. The van der Waals surface area contributed by atoms with Crippen LogP contribution >= 0.6 is 23.1 Å². The van der Waals surface area contributed by atoms with Gasteiger partial charge < -0.3 is 0 Å². The number of thioether (sulfide) groups is 1. The summed E-state index contributed by atoms with van der Waals surface area (Å²) in [5.74, 6) is -0.140. The Hall–Kier alpha value is -1.98. The van der Waals surface area contributed by atoms with E-state index in [1.54, 1.807) is 49.3 Å². The van der Waals surface area contributed by atoms with Crippen LogP contribution in [0.4, 0.5) is 0 Å². The van der Waals surface area contributed by atoms with E-state index in [0.29, 0.717) is 0 Å². The number of hydroxylamine groups is 1. The molecule has 1 heterocycles. The monoisotopic (exact) mass is 563 g/mol. The zero-order valence-corrected chi connectivity index (χ0v) is 24.2. The number of nitrogens with zero attached hydrogens (tertiary/aromatic N) is 2. The molecule has 0 bridgehead atoms. The van der Waals surface area contributed by atoms with Gasteiger partial charge in [-0.25, -0.2) is 18.9 Å². The molecule has 1 atom stereocenters. The lowest BCUT2D eigenvalue weighted by Gasteiger charge is -2.32. The third-order valence-electron chi connectivity index (χ3n) is 6.17. The molecule has 0 radical (unpaired) electrons. The maximum atomic E-state index is 13.9. The average molecular weight is 564 g/mol. The van der Waals surface area contributed by atoms with Gasteiger partial charge in [-0.1, -0.05) is 95.0 Å². The van der Waals surface area contributed by atoms with Crippen molar-refractivity contribution in [1.82, 2.24) is 14.8 Å². The van der Waals surface area contributed by atoms with Crippen LogP contribution in [-0.2, 0) is 21.4 Å². The van der Waals surface area contributed by atoms with Crippen LogP contribution < -0.4 is 5.48 Å². The first kappa shape index (κ1) is 29.6. The smallest absolute Gasteiger partial charge is 0.262 e. The number of carbonyl (C=O) groups is 1. The Bertz CT molecular complexity index is 1250. The number of sulfonamides is 1. The van der Waals surface area contributed by atoms with Crippen LogP contribution in [0.25, 0.3) is 10.2 Å². The number of hydrogen-bond donors (Lipinski definition) is 2. The number of nitrogens with one attached hydrogen (secondary N) is 1. The summed E-state index contributed by atoms with van der Waals surface area (Å²) < 4.78 is 30.7. The molecule has 0 aliphatic carbocycles. The van der Waals surface area contributed by atoms with Crippen molar-refractivity contribution in [3.05, 3.63) is 54.1 Å². The van der Waals surface area contributed by atoms with Crippen molar-refractivity contribution in [2.24, 2.45) is 5.92 Å². The molecule has 1 aromatic heterocycles. The minimum absolute atomic E-state index is 0.000471. The number of thiazole rings is 1. The van der Waals surface area contributed by atoms with E-state index in [2.05, 4.69) is 11.9 Å². The summed E-state index contributed by atoms with van der Waals surface area (Å²) in [6, 6.07) is 13.0. The molecule has 0 aliphatic heterocycles. The lowest BCUT2D eigenvalue weighted by molar-refractivity contribution is -0.134. The highest BCUT2D eigenvalue weighted by atomic mass is 32.2. The van der Waals surface area contributed by atoms with Crippen molar-refractivity contribution >= 4 is 49.2 Å². The zero-order valence-electron chi connectivity index (χ0n) is 21.7. The third-order valence-corrected chi connectivity index (χ3v) is 10.2. The molecule has 0 spiro atoms. The van der Waals surface area contributed by atoms with Gasteiger partial charge in [-0.3, -0.25) is 10.0 Å². The first-order valence-corrected chi connectivity index (χ1v) is 16.0. The van der Waals surface area contributed by atoms with Crippen LogP contribution in [0.15, 0.2) is 57.8 Å². The van der Waals surface area contributed by atoms with Gasteiger partial charge in [0.15, 0.2) is 4.34 Å². The second kappa shape index (κ2) is 14.2. The first-order valence-electron chi connectivity index (χ1n) is 12.8. The van der Waals surface area contributed by atoms with Crippen LogP contribution in [0.2, 0.25) is 0 Å². The normalized spacial score (nSPS) is 12.9. The summed E-state index contributed by atoms with van der Waals surface area (Å²) in [6.07, 6.45) is 7.45. The fraction of sp³-hybridized carbons (Fsp3) is 0.481. The van der Waals surface area contributed by atoms with E-state index in [4.69, 9.17) is 0 Å². The van der Waals surface area contributed by atoms with Crippen molar-refractivity contribution in [2.45, 2.75) is 81.1 Å². The van der Waals surface area contributed by atoms with Crippen molar-refractivity contribution in [3.8, 4) is 0 Å². The lowest BCUT2D eigenvalue weighted by atomic mass is 10.0. The molecule has 0 aliphatic rings. The maximum absolute atomic E-state index is 13.9. The predicted octanol–water partition coefficient (Wildman–Crippen LogP) is 6.47. The molecule has 3 rings (SSSR count). The van der Waals surface area contributed by atoms with E-state index in [0.717, 1.165) is 32.3 Å². The minimum atomic E-state index is -4.08. The minimum Gasteiger partial charge on any atom is -0.289 e. The van der Waals surface area contributed by atoms with Crippen molar-refractivity contribution in [3.63, 3.8) is 0 Å². The molecule has 0 saturated carbocycles. The number of hydrogen-bond acceptors (Lipinski definition) is 7. The Balaban J connectivity index is 1.84. The largest absolute Gasteiger partial charge is 0.289 e. The van der Waals surface area contributed by atoms with Gasteiger partial charge in [-0.15, -0.1) is 11.3 Å². The zero-order chi connectivity index (χ0) is 26.8. The Labute approximate surface area is 228 Å². The number of carbonyl (C=O) groups excluding carboxylic acids is 1. The Morgan fingerprint density at radius 2 is 1.78 bits per heavy atom. The van der Waals surface area contributed by atoms with E-state index < -0.39 is 22.0 Å². The first-order chi connectivity index (χ1) is 17.8. The van der Waals surface area contributed by atoms with Gasteiger partial charge in [-0.05, 0) is 36.1 Å². The molecule has 7 nitrogen and oxygen atoms in total. The van der Waals surface area contributed by atoms with Gasteiger partial charge in [0, 0.05) is 12.3 Å². The quantitative estimate of drug-likeness (QED) is 0.0952. The molecular weight excluding hydrogens is 527 g/mol. The number of rotatable bonds is 15. The fourth-order valence-electron chi connectivity index (χ4n) is 4.21. The molecule has 10 heteroatoms. The van der Waals surface area contributed by atoms with E-state index in [9.17, 15) is 18.4 Å². The van der Waals surface area contributed by atoms with Crippen molar-refractivity contribution < 1.29 is 18.4 Å². The van der Waals surface area contributed by atoms with E-state index in [1.165, 1.54) is 47.7 Å². The van der Waals surface area contributed by atoms with E-state index >= 15 is 0 Å². The SMILES string of the molecule is CCCCCCCCSc1nc2ccc(S(=O)(=O)N(Cc3ccccc3)[C@@H](C(=O)NO)C(C)C)cc2s1.